The van der Waals surface area contributed by atoms with Crippen molar-refractivity contribution in [3.63, 3.8) is 0 Å². The second kappa shape index (κ2) is 17.0. The Morgan fingerprint density at radius 2 is 0.944 bits per heavy atom. The Balaban J connectivity index is 0.00000325. The summed E-state index contributed by atoms with van der Waals surface area (Å²) in [5, 5.41) is 43.2. The zero-order valence-corrected chi connectivity index (χ0v) is 34.7. The summed E-state index contributed by atoms with van der Waals surface area (Å²) in [7, 11) is -10.3. The fourth-order valence-electron chi connectivity index (χ4n) is 5.29. The van der Waals surface area contributed by atoms with Gasteiger partial charge >= 0.3 is 65.1 Å². The predicted octanol–water partition coefficient (Wildman–Crippen LogP) is 2.31. The molecule has 0 aliphatic rings. The average molecular weight is 785 g/mol. The summed E-state index contributed by atoms with van der Waals surface area (Å²) in [5.41, 5.74) is 1.42. The summed E-state index contributed by atoms with van der Waals surface area (Å²) >= 11 is 0. The van der Waals surface area contributed by atoms with Gasteiger partial charge in [0.1, 0.15) is 31.6 Å². The van der Waals surface area contributed by atoms with Crippen LogP contribution in [0.1, 0.15) is 11.1 Å². The van der Waals surface area contributed by atoms with Crippen LogP contribution in [-0.2, 0) is 20.2 Å². The topological polar surface area (TPSA) is 245 Å². The van der Waals surface area contributed by atoms with Crippen molar-refractivity contribution in [3.05, 3.63) is 108 Å². The van der Waals surface area contributed by atoms with Gasteiger partial charge in [-0.3, -0.25) is 0 Å². The van der Waals surface area contributed by atoms with Gasteiger partial charge in [-0.2, -0.15) is 10.2 Å². The molecule has 6 aromatic carbocycles. The van der Waals surface area contributed by atoms with Crippen molar-refractivity contribution in [1.82, 2.24) is 0 Å². The minimum Gasteiger partial charge on any atom is -0.744 e. The number of anilines is 2. The molecule has 0 atom stereocenters. The van der Waals surface area contributed by atoms with E-state index < -0.39 is 58.9 Å². The van der Waals surface area contributed by atoms with Crippen LogP contribution in [0.4, 0.5) is 38.9 Å². The number of rotatable bonds is 8. The Hall–Kier alpha value is -4.27. The number of amides is 2. The molecule has 0 unspecified atom stereocenters. The molecule has 0 aliphatic heterocycles. The molecule has 0 heterocycles. The number of benzene rings is 6. The van der Waals surface area contributed by atoms with E-state index in [0.717, 1.165) is 23.3 Å². The molecule has 2 amide bonds. The minimum absolute atomic E-state index is 0. The molecule has 264 valence electrons. The van der Waals surface area contributed by atoms with E-state index in [0.29, 0.717) is 11.4 Å². The van der Waals surface area contributed by atoms with Crippen LogP contribution in [-0.4, -0.2) is 42.2 Å². The molecule has 54 heavy (non-hydrogen) atoms. The molecule has 0 saturated carbocycles. The van der Waals surface area contributed by atoms with Gasteiger partial charge in [0.25, 0.3) is 0 Å². The number of nitrogens with one attached hydrogen (secondary N) is 2. The molecule has 6 aromatic rings. The van der Waals surface area contributed by atoms with Gasteiger partial charge in [0.05, 0.1) is 21.2 Å². The molecule has 0 spiro atoms. The maximum absolute atomic E-state index is 13.0. The van der Waals surface area contributed by atoms with Gasteiger partial charge in [0.2, 0.25) is 0 Å². The van der Waals surface area contributed by atoms with Gasteiger partial charge in [-0.1, -0.05) is 36.4 Å². The van der Waals surface area contributed by atoms with E-state index in [1.54, 1.807) is 62.4 Å². The monoisotopic (exact) mass is 784 g/mol. The Kier molecular flexibility index (Phi) is 13.4. The molecule has 0 fully saturated rings. The van der Waals surface area contributed by atoms with E-state index in [9.17, 15) is 40.9 Å². The van der Waals surface area contributed by atoms with E-state index in [4.69, 9.17) is 0 Å². The second-order valence-corrected chi connectivity index (χ2v) is 14.2. The molecule has 0 aliphatic carbocycles. The molecule has 0 radical (unpaired) electrons. The van der Waals surface area contributed by atoms with E-state index in [1.165, 1.54) is 36.4 Å². The van der Waals surface area contributed by atoms with E-state index in [-0.39, 0.29) is 92.0 Å². The van der Waals surface area contributed by atoms with E-state index >= 15 is 0 Å². The minimum atomic E-state index is -5.14. The first kappa shape index (κ1) is 42.5. The maximum Gasteiger partial charge on any atom is 1.00 e. The zero-order chi connectivity index (χ0) is 37.4. The fraction of sp³-hybridized carbons (Fsp3) is 0.0571. The Morgan fingerprint density at radius 3 is 1.30 bits per heavy atom. The van der Waals surface area contributed by atoms with Gasteiger partial charge in [-0.15, -0.1) is 10.2 Å². The third-order valence-corrected chi connectivity index (χ3v) is 9.60. The van der Waals surface area contributed by atoms with Crippen molar-refractivity contribution in [2.45, 2.75) is 23.6 Å². The van der Waals surface area contributed by atoms with Gasteiger partial charge in [0.15, 0.2) is 11.5 Å². The summed E-state index contributed by atoms with van der Waals surface area (Å²) in [4.78, 5) is 11.3. The number of phenolic OH excluding ortho intramolecular Hbond substituents is 2. The first-order chi connectivity index (χ1) is 24.6. The molecule has 6 rings (SSSR count). The van der Waals surface area contributed by atoms with Crippen LogP contribution in [0.25, 0.3) is 21.5 Å². The molecule has 0 aromatic heterocycles. The van der Waals surface area contributed by atoms with Gasteiger partial charge < -0.3 is 30.0 Å². The summed E-state index contributed by atoms with van der Waals surface area (Å²) < 4.78 is 73.1. The molecule has 0 bridgehead atoms. The van der Waals surface area contributed by atoms with Crippen LogP contribution in [0.15, 0.2) is 127 Å². The largest absolute Gasteiger partial charge is 1.00 e. The van der Waals surface area contributed by atoms with Crippen molar-refractivity contribution < 1.29 is 100 Å². The number of aryl methyl sites for hydroxylation is 2. The number of hydrogen-bond acceptors (Lipinski definition) is 13. The number of fused-ring (bicyclic) bond motifs is 2. The third-order valence-electron chi connectivity index (χ3n) is 7.90. The average Bonchev–Trinajstić information content (AvgIpc) is 3.07. The smallest absolute Gasteiger partial charge is 0.744 e. The van der Waals surface area contributed by atoms with Crippen molar-refractivity contribution in [3.8, 4) is 11.5 Å². The standard InChI is InChI=1S/C35H28N6O9S2.2Na/c1-19-7-3-5-9-27(19)38-40-31-29(51(45,46)47)17-21-15-23(11-13-25(21)33(31)42)36-35(44)37-24-12-14-26-22(16-24)18-30(52(48,49)50)32(34(26)43)41-39-28-10-6-4-8-20(28)2;;/h3-18,42-43H,1-2H3,(H2,36,37,44)(H,45,46,47)(H,48,49,50);;/q;2*+1/p-2. The molecule has 15 nitrogen and oxygen atoms in total. The molecular formula is C35H26N6Na2O9S2. The summed E-state index contributed by atoms with van der Waals surface area (Å²) in [6.45, 7) is 3.51. The Labute approximate surface area is 353 Å². The van der Waals surface area contributed by atoms with Crippen LogP contribution in [0.2, 0.25) is 0 Å². The Morgan fingerprint density at radius 1 is 0.574 bits per heavy atom. The Bertz CT molecular complexity index is 2540. The van der Waals surface area contributed by atoms with E-state index in [2.05, 4.69) is 31.1 Å². The predicted molar refractivity (Wildman–Crippen MR) is 191 cm³/mol. The number of carbonyl (C=O) groups is 1. The summed E-state index contributed by atoms with van der Waals surface area (Å²) in [6.07, 6.45) is 0. The van der Waals surface area contributed by atoms with Crippen LogP contribution in [0.3, 0.4) is 0 Å². The number of azo groups is 2. The molecule has 19 heteroatoms. The van der Waals surface area contributed by atoms with Crippen molar-refractivity contribution in [1.29, 1.82) is 0 Å². The summed E-state index contributed by atoms with van der Waals surface area (Å²) in [5.74, 6) is -1.22. The van der Waals surface area contributed by atoms with E-state index in [1.807, 2.05) is 0 Å². The number of aromatic hydroxyl groups is 2. The number of hydrogen-bond donors (Lipinski definition) is 4. The summed E-state index contributed by atoms with van der Waals surface area (Å²) in [6, 6.07) is 23.1. The third kappa shape index (κ3) is 9.32. The van der Waals surface area contributed by atoms with Gasteiger partial charge in [-0.05, 0) is 96.4 Å². The molecule has 4 N–H and O–H groups in total. The zero-order valence-electron chi connectivity index (χ0n) is 29.1. The normalized spacial score (nSPS) is 11.8. The fourth-order valence-corrected chi connectivity index (χ4v) is 6.58. The number of phenols is 2. The SMILES string of the molecule is Cc1ccccc1N=Nc1c(S(=O)(=O)[O-])cc2cc(NC(=O)Nc3ccc4c(O)c(N=Nc5ccccc5C)c(S(=O)(=O)[O-])cc4c3)ccc2c1O.[Na+].[Na+]. The second-order valence-electron chi connectivity index (χ2n) is 11.5. The van der Waals surface area contributed by atoms with Crippen molar-refractivity contribution in [2.75, 3.05) is 10.6 Å². The van der Waals surface area contributed by atoms with Crippen molar-refractivity contribution >= 4 is 81.9 Å². The molecule has 0 saturated heterocycles. The first-order valence-electron chi connectivity index (χ1n) is 15.1. The first-order valence-corrected chi connectivity index (χ1v) is 18.0. The number of urea groups is 1. The number of nitrogens with zero attached hydrogens (tertiary/aromatic N) is 4. The quantitative estimate of drug-likeness (QED) is 0.100. The van der Waals surface area contributed by atoms with Crippen LogP contribution in [0, 0.1) is 13.8 Å². The van der Waals surface area contributed by atoms with Gasteiger partial charge in [0, 0.05) is 22.1 Å². The molecular weight excluding hydrogens is 759 g/mol. The van der Waals surface area contributed by atoms with Gasteiger partial charge in [-0.25, -0.2) is 21.6 Å². The van der Waals surface area contributed by atoms with Crippen molar-refractivity contribution in [2.24, 2.45) is 20.5 Å². The van der Waals surface area contributed by atoms with Crippen LogP contribution in [0.5, 0.6) is 11.5 Å². The van der Waals surface area contributed by atoms with Crippen LogP contribution < -0.4 is 69.7 Å². The number of carbonyl (C=O) groups excluding carboxylic acids is 1. The maximum atomic E-state index is 13.0. The van der Waals surface area contributed by atoms with Crippen LogP contribution >= 0.6 is 0 Å².